The lowest BCUT2D eigenvalue weighted by atomic mass is 10.1. The van der Waals surface area contributed by atoms with Gasteiger partial charge in [0.2, 0.25) is 0 Å². The average Bonchev–Trinajstić information content (AvgIpc) is 2.79. The van der Waals surface area contributed by atoms with Crippen LogP contribution in [0.15, 0.2) is 30.5 Å². The number of anilines is 1. The van der Waals surface area contributed by atoms with Crippen LogP contribution < -0.4 is 4.90 Å². The largest absolute Gasteiger partial charge is 0.268 e. The zero-order valence-corrected chi connectivity index (χ0v) is 13.2. The van der Waals surface area contributed by atoms with Gasteiger partial charge in [-0.05, 0) is 12.1 Å². The van der Waals surface area contributed by atoms with Crippen LogP contribution in [0.2, 0.25) is 0 Å². The highest BCUT2D eigenvalue weighted by atomic mass is 35.5. The van der Waals surface area contributed by atoms with Gasteiger partial charge in [0.05, 0.1) is 28.9 Å². The fourth-order valence-corrected chi connectivity index (χ4v) is 2.62. The van der Waals surface area contributed by atoms with E-state index in [0.29, 0.717) is 16.8 Å². The molecule has 0 bridgehead atoms. The molecule has 5 nitrogen and oxygen atoms in total. The van der Waals surface area contributed by atoms with Gasteiger partial charge in [0.1, 0.15) is 5.69 Å². The van der Waals surface area contributed by atoms with Crippen molar-refractivity contribution in [2.45, 2.75) is 10.7 Å². The Hall–Kier alpha value is -1.69. The first-order chi connectivity index (χ1) is 10.5. The van der Waals surface area contributed by atoms with Crippen LogP contribution in [0.1, 0.15) is 36.9 Å². The molecule has 1 aromatic carbocycles. The van der Waals surface area contributed by atoms with Crippen molar-refractivity contribution in [2.75, 3.05) is 4.90 Å². The summed E-state index contributed by atoms with van der Waals surface area (Å²) in [6.07, 6.45) is 1.38. The standard InChI is InChI=1S/C14H8Cl3N3O2/c15-5-7-6-18-12(10(19-7)11(16)17)20-13(21)8-3-1-2-4-9(8)14(20)22/h1-4,6,11H,5H2. The molecule has 2 heterocycles. The van der Waals surface area contributed by atoms with Crippen molar-refractivity contribution in [1.82, 2.24) is 9.97 Å². The summed E-state index contributed by atoms with van der Waals surface area (Å²) in [5.41, 5.74) is 1.18. The second-order valence-corrected chi connectivity index (χ2v) is 5.86. The molecule has 0 N–H and O–H groups in total. The average molecular weight is 357 g/mol. The van der Waals surface area contributed by atoms with Crippen LogP contribution in [-0.4, -0.2) is 21.8 Å². The molecule has 0 fully saturated rings. The Bertz CT molecular complexity index is 745. The molecule has 0 aliphatic carbocycles. The van der Waals surface area contributed by atoms with Crippen LogP contribution in [0.3, 0.4) is 0 Å². The summed E-state index contributed by atoms with van der Waals surface area (Å²) in [5, 5.41) is 0. The second-order valence-electron chi connectivity index (χ2n) is 4.50. The molecule has 22 heavy (non-hydrogen) atoms. The number of nitrogens with zero attached hydrogens (tertiary/aromatic N) is 3. The maximum absolute atomic E-state index is 12.5. The molecular weight excluding hydrogens is 349 g/mol. The number of amides is 2. The normalized spacial score (nSPS) is 13.9. The summed E-state index contributed by atoms with van der Waals surface area (Å²) < 4.78 is 0. The number of benzene rings is 1. The lowest BCUT2D eigenvalue weighted by molar-refractivity contribution is 0.0924. The van der Waals surface area contributed by atoms with Crippen LogP contribution in [0.5, 0.6) is 0 Å². The molecule has 1 aliphatic rings. The molecule has 8 heteroatoms. The fraction of sp³-hybridized carbons (Fsp3) is 0.143. The monoisotopic (exact) mass is 355 g/mol. The summed E-state index contributed by atoms with van der Waals surface area (Å²) >= 11 is 17.5. The van der Waals surface area contributed by atoms with Gasteiger partial charge in [-0.15, -0.1) is 11.6 Å². The van der Waals surface area contributed by atoms with E-state index in [4.69, 9.17) is 34.8 Å². The molecule has 112 valence electrons. The number of hydrogen-bond donors (Lipinski definition) is 0. The van der Waals surface area contributed by atoms with Gasteiger partial charge in [-0.2, -0.15) is 0 Å². The Kier molecular flexibility index (Phi) is 4.04. The van der Waals surface area contributed by atoms with Gasteiger partial charge in [0.15, 0.2) is 10.7 Å². The topological polar surface area (TPSA) is 63.2 Å². The van der Waals surface area contributed by atoms with Gasteiger partial charge >= 0.3 is 0 Å². The maximum Gasteiger partial charge on any atom is 0.267 e. The summed E-state index contributed by atoms with van der Waals surface area (Å²) in [4.78, 5) is 33.1. The van der Waals surface area contributed by atoms with Crippen molar-refractivity contribution in [3.8, 4) is 0 Å². The van der Waals surface area contributed by atoms with E-state index in [1.807, 2.05) is 0 Å². The lowest BCUT2D eigenvalue weighted by Crippen LogP contribution is -2.31. The Morgan fingerprint density at radius 1 is 1.09 bits per heavy atom. The SMILES string of the molecule is O=C1c2ccccc2C(=O)N1c1ncc(CCl)nc1C(Cl)Cl. The van der Waals surface area contributed by atoms with Crippen molar-refractivity contribution in [1.29, 1.82) is 0 Å². The number of rotatable bonds is 3. The quantitative estimate of drug-likeness (QED) is 0.624. The van der Waals surface area contributed by atoms with Gasteiger partial charge in [-0.1, -0.05) is 35.3 Å². The zero-order chi connectivity index (χ0) is 15.9. The molecule has 0 spiro atoms. The van der Waals surface area contributed by atoms with Crippen LogP contribution in [0, 0.1) is 0 Å². The predicted molar refractivity (Wildman–Crippen MR) is 83.6 cm³/mol. The maximum atomic E-state index is 12.5. The van der Waals surface area contributed by atoms with E-state index >= 15 is 0 Å². The van der Waals surface area contributed by atoms with Gasteiger partial charge < -0.3 is 0 Å². The molecule has 1 aliphatic heterocycles. The van der Waals surface area contributed by atoms with Crippen LogP contribution in [0.4, 0.5) is 5.82 Å². The molecule has 0 atom stereocenters. The highest BCUT2D eigenvalue weighted by molar-refractivity contribution is 6.44. The van der Waals surface area contributed by atoms with Gasteiger partial charge in [0, 0.05) is 0 Å². The number of imide groups is 1. The lowest BCUT2D eigenvalue weighted by Gasteiger charge is -2.17. The molecule has 2 aromatic rings. The van der Waals surface area contributed by atoms with Gasteiger partial charge in [-0.25, -0.2) is 14.9 Å². The summed E-state index contributed by atoms with van der Waals surface area (Å²) in [7, 11) is 0. The third-order valence-corrected chi connectivity index (χ3v) is 3.87. The molecule has 1 aromatic heterocycles. The van der Waals surface area contributed by atoms with Crippen molar-refractivity contribution >= 4 is 52.4 Å². The smallest absolute Gasteiger partial charge is 0.267 e. The number of fused-ring (bicyclic) bond motifs is 1. The third-order valence-electron chi connectivity index (χ3n) is 3.18. The van der Waals surface area contributed by atoms with E-state index in [2.05, 4.69) is 9.97 Å². The first-order valence-electron chi connectivity index (χ1n) is 6.22. The number of aromatic nitrogens is 2. The van der Waals surface area contributed by atoms with Crippen LogP contribution in [-0.2, 0) is 5.88 Å². The second kappa shape index (κ2) is 5.83. The predicted octanol–water partition coefficient (Wildman–Crippen LogP) is 3.49. The van der Waals surface area contributed by atoms with E-state index in [-0.39, 0.29) is 17.4 Å². The molecule has 0 saturated heterocycles. The minimum absolute atomic E-state index is 0.0232. The summed E-state index contributed by atoms with van der Waals surface area (Å²) in [6, 6.07) is 6.52. The first-order valence-corrected chi connectivity index (χ1v) is 7.63. The van der Waals surface area contributed by atoms with Crippen LogP contribution in [0.25, 0.3) is 0 Å². The molecule has 2 amide bonds. The summed E-state index contributed by atoms with van der Waals surface area (Å²) in [5.74, 6) is -0.828. The number of alkyl halides is 3. The van der Waals surface area contributed by atoms with Crippen LogP contribution >= 0.6 is 34.8 Å². The van der Waals surface area contributed by atoms with Gasteiger partial charge in [0.25, 0.3) is 11.8 Å². The molecule has 0 radical (unpaired) electrons. The third kappa shape index (κ3) is 2.35. The molecule has 0 unspecified atom stereocenters. The van der Waals surface area contributed by atoms with E-state index in [1.165, 1.54) is 6.20 Å². The van der Waals surface area contributed by atoms with E-state index in [1.54, 1.807) is 24.3 Å². The highest BCUT2D eigenvalue weighted by Gasteiger charge is 2.39. The highest BCUT2D eigenvalue weighted by Crippen LogP contribution is 2.34. The minimum Gasteiger partial charge on any atom is -0.268 e. The zero-order valence-electron chi connectivity index (χ0n) is 11.0. The Morgan fingerprint density at radius 3 is 2.18 bits per heavy atom. The minimum atomic E-state index is -1.05. The van der Waals surface area contributed by atoms with E-state index < -0.39 is 16.7 Å². The Labute approximate surface area is 140 Å². The molecule has 0 saturated carbocycles. The van der Waals surface area contributed by atoms with E-state index in [9.17, 15) is 9.59 Å². The van der Waals surface area contributed by atoms with Crippen molar-refractivity contribution in [3.05, 3.63) is 53.0 Å². The fourth-order valence-electron chi connectivity index (χ4n) is 2.20. The molecular formula is C14H8Cl3N3O2. The Balaban J connectivity index is 2.13. The van der Waals surface area contributed by atoms with E-state index in [0.717, 1.165) is 4.90 Å². The van der Waals surface area contributed by atoms with Crippen molar-refractivity contribution in [2.24, 2.45) is 0 Å². The first kappa shape index (κ1) is 15.2. The number of hydrogen-bond acceptors (Lipinski definition) is 4. The van der Waals surface area contributed by atoms with Crippen molar-refractivity contribution < 1.29 is 9.59 Å². The summed E-state index contributed by atoms with van der Waals surface area (Å²) in [6.45, 7) is 0. The molecule has 3 rings (SSSR count). The number of carbonyl (C=O) groups excluding carboxylic acids is 2. The number of carbonyl (C=O) groups is 2. The number of halogens is 3. The van der Waals surface area contributed by atoms with Crippen molar-refractivity contribution in [3.63, 3.8) is 0 Å². The Morgan fingerprint density at radius 2 is 1.68 bits per heavy atom. The van der Waals surface area contributed by atoms with Gasteiger partial charge in [-0.3, -0.25) is 9.59 Å².